The fourth-order valence-electron chi connectivity index (χ4n) is 1.18. The van der Waals surface area contributed by atoms with E-state index in [9.17, 15) is 9.90 Å². The Morgan fingerprint density at radius 1 is 1.47 bits per heavy atom. The van der Waals surface area contributed by atoms with E-state index in [2.05, 4.69) is 0 Å². The smallest absolute Gasteiger partial charge is 0.337 e. The van der Waals surface area contributed by atoms with E-state index in [4.69, 9.17) is 16.7 Å². The van der Waals surface area contributed by atoms with Crippen LogP contribution in [0.15, 0.2) is 23.1 Å². The number of rotatable bonds is 5. The van der Waals surface area contributed by atoms with E-state index in [-0.39, 0.29) is 10.6 Å². The molecule has 0 aromatic heterocycles. The highest BCUT2D eigenvalue weighted by Gasteiger charge is 2.13. The minimum absolute atomic E-state index is 0.111. The summed E-state index contributed by atoms with van der Waals surface area (Å²) < 4.78 is 0. The predicted molar refractivity (Wildman–Crippen MR) is 70.1 cm³/mol. The molecule has 0 fully saturated rings. The third-order valence-corrected chi connectivity index (χ3v) is 3.48. The zero-order valence-electron chi connectivity index (χ0n) is 9.74. The van der Waals surface area contributed by atoms with Gasteiger partial charge in [-0.15, -0.1) is 11.8 Å². The van der Waals surface area contributed by atoms with Crippen molar-refractivity contribution in [2.75, 3.05) is 5.75 Å². The molecule has 0 bridgehead atoms. The van der Waals surface area contributed by atoms with Gasteiger partial charge in [0.2, 0.25) is 0 Å². The van der Waals surface area contributed by atoms with Gasteiger partial charge in [0.15, 0.2) is 0 Å². The Morgan fingerprint density at radius 3 is 2.65 bits per heavy atom. The SMILES string of the molecule is CC(C)(O)CCSc1ccc(Cl)c(C(=O)O)c1. The number of carbonyl (C=O) groups is 1. The molecule has 0 spiro atoms. The lowest BCUT2D eigenvalue weighted by Crippen LogP contribution is -2.19. The van der Waals surface area contributed by atoms with Crippen LogP contribution in [0.4, 0.5) is 0 Å². The van der Waals surface area contributed by atoms with Gasteiger partial charge in [0.1, 0.15) is 0 Å². The van der Waals surface area contributed by atoms with Crippen LogP contribution >= 0.6 is 23.4 Å². The van der Waals surface area contributed by atoms with E-state index < -0.39 is 11.6 Å². The van der Waals surface area contributed by atoms with Crippen LogP contribution in [0.25, 0.3) is 0 Å². The first kappa shape index (κ1) is 14.4. The highest BCUT2D eigenvalue weighted by Crippen LogP contribution is 2.26. The molecule has 0 saturated heterocycles. The summed E-state index contributed by atoms with van der Waals surface area (Å²) in [5.74, 6) is -0.301. The maximum absolute atomic E-state index is 10.9. The molecule has 0 aliphatic rings. The molecule has 0 aliphatic heterocycles. The minimum atomic E-state index is -1.03. The molecule has 1 rings (SSSR count). The van der Waals surface area contributed by atoms with Gasteiger partial charge in [-0.1, -0.05) is 11.6 Å². The van der Waals surface area contributed by atoms with Gasteiger partial charge in [0, 0.05) is 10.6 Å². The first-order valence-electron chi connectivity index (χ1n) is 5.17. The molecule has 0 heterocycles. The van der Waals surface area contributed by atoms with Crippen LogP contribution in [0.3, 0.4) is 0 Å². The van der Waals surface area contributed by atoms with Gasteiger partial charge < -0.3 is 10.2 Å². The number of thioether (sulfide) groups is 1. The summed E-state index contributed by atoms with van der Waals surface area (Å²) >= 11 is 7.27. The molecule has 3 nitrogen and oxygen atoms in total. The normalized spacial score (nSPS) is 11.5. The van der Waals surface area contributed by atoms with Crippen molar-refractivity contribution in [1.29, 1.82) is 0 Å². The highest BCUT2D eigenvalue weighted by molar-refractivity contribution is 7.99. The zero-order chi connectivity index (χ0) is 13.1. The first-order chi connectivity index (χ1) is 7.79. The van der Waals surface area contributed by atoms with E-state index in [1.54, 1.807) is 32.0 Å². The van der Waals surface area contributed by atoms with Crippen LogP contribution in [0.5, 0.6) is 0 Å². The van der Waals surface area contributed by atoms with Gasteiger partial charge in [-0.05, 0) is 38.5 Å². The zero-order valence-corrected chi connectivity index (χ0v) is 11.3. The largest absolute Gasteiger partial charge is 0.478 e. The Hall–Kier alpha value is -0.710. The lowest BCUT2D eigenvalue weighted by atomic mass is 10.1. The van der Waals surface area contributed by atoms with Crippen LogP contribution in [-0.4, -0.2) is 27.5 Å². The van der Waals surface area contributed by atoms with Crippen molar-refractivity contribution in [1.82, 2.24) is 0 Å². The van der Waals surface area contributed by atoms with Crippen LogP contribution in [-0.2, 0) is 0 Å². The summed E-state index contributed by atoms with van der Waals surface area (Å²) in [7, 11) is 0. The molecule has 2 N–H and O–H groups in total. The van der Waals surface area contributed by atoms with Crippen molar-refractivity contribution in [3.8, 4) is 0 Å². The second kappa shape index (κ2) is 5.76. The first-order valence-corrected chi connectivity index (χ1v) is 6.54. The number of aromatic carboxylic acids is 1. The molecule has 94 valence electrons. The van der Waals surface area contributed by atoms with E-state index in [1.165, 1.54) is 11.8 Å². The van der Waals surface area contributed by atoms with E-state index >= 15 is 0 Å². The van der Waals surface area contributed by atoms with Gasteiger partial charge in [-0.3, -0.25) is 0 Å². The predicted octanol–water partition coefficient (Wildman–Crippen LogP) is 3.29. The second-order valence-corrected chi connectivity index (χ2v) is 5.93. The highest BCUT2D eigenvalue weighted by atomic mass is 35.5. The Bertz CT molecular complexity index is 413. The van der Waals surface area contributed by atoms with Crippen molar-refractivity contribution in [3.05, 3.63) is 28.8 Å². The topological polar surface area (TPSA) is 57.5 Å². The van der Waals surface area contributed by atoms with Crippen LogP contribution in [0.1, 0.15) is 30.6 Å². The quantitative estimate of drug-likeness (QED) is 0.809. The maximum Gasteiger partial charge on any atom is 0.337 e. The van der Waals surface area contributed by atoms with Crippen molar-refractivity contribution >= 4 is 29.3 Å². The monoisotopic (exact) mass is 274 g/mol. The van der Waals surface area contributed by atoms with Gasteiger partial charge in [0.05, 0.1) is 16.2 Å². The molecule has 1 aromatic carbocycles. The Kier molecular flexibility index (Phi) is 4.86. The number of carboxylic acid groups (broad SMARTS) is 1. The fourth-order valence-corrected chi connectivity index (χ4v) is 2.58. The van der Waals surface area contributed by atoms with Crippen LogP contribution in [0.2, 0.25) is 5.02 Å². The van der Waals surface area contributed by atoms with Crippen LogP contribution in [0, 0.1) is 0 Å². The van der Waals surface area contributed by atoms with E-state index in [0.717, 1.165) is 10.6 Å². The van der Waals surface area contributed by atoms with Crippen molar-refractivity contribution in [2.24, 2.45) is 0 Å². The third kappa shape index (κ3) is 4.98. The molecule has 0 unspecified atom stereocenters. The molecular weight excluding hydrogens is 260 g/mol. The lowest BCUT2D eigenvalue weighted by Gasteiger charge is -2.16. The van der Waals surface area contributed by atoms with Gasteiger partial charge in [-0.2, -0.15) is 0 Å². The van der Waals surface area contributed by atoms with Crippen molar-refractivity contribution in [2.45, 2.75) is 30.8 Å². The molecule has 0 amide bonds. The summed E-state index contributed by atoms with van der Waals surface area (Å²) in [5, 5.41) is 18.7. The van der Waals surface area contributed by atoms with Gasteiger partial charge in [-0.25, -0.2) is 4.79 Å². The number of halogens is 1. The summed E-state index contributed by atoms with van der Waals surface area (Å²) in [6.45, 7) is 3.50. The summed E-state index contributed by atoms with van der Waals surface area (Å²) in [6.07, 6.45) is 0.642. The lowest BCUT2D eigenvalue weighted by molar-refractivity contribution is 0.0695. The van der Waals surface area contributed by atoms with Crippen LogP contribution < -0.4 is 0 Å². The Labute approximate surface area is 110 Å². The minimum Gasteiger partial charge on any atom is -0.478 e. The number of aliphatic hydroxyl groups is 1. The molecule has 0 aliphatic carbocycles. The van der Waals surface area contributed by atoms with E-state index in [0.29, 0.717) is 6.42 Å². The molecule has 0 saturated carbocycles. The molecule has 0 atom stereocenters. The molecule has 1 aromatic rings. The van der Waals surface area contributed by atoms with Crippen molar-refractivity contribution in [3.63, 3.8) is 0 Å². The Balaban J connectivity index is 2.67. The molecule has 17 heavy (non-hydrogen) atoms. The summed E-state index contributed by atoms with van der Waals surface area (Å²) in [5.41, 5.74) is -0.588. The van der Waals surface area contributed by atoms with Crippen molar-refractivity contribution < 1.29 is 15.0 Å². The van der Waals surface area contributed by atoms with E-state index in [1.807, 2.05) is 0 Å². The molecular formula is C12H15ClO3S. The fraction of sp³-hybridized carbons (Fsp3) is 0.417. The third-order valence-electron chi connectivity index (χ3n) is 2.15. The average molecular weight is 275 g/mol. The summed E-state index contributed by atoms with van der Waals surface area (Å²) in [4.78, 5) is 11.7. The molecule has 0 radical (unpaired) electrons. The average Bonchev–Trinajstić information content (AvgIpc) is 2.18. The second-order valence-electron chi connectivity index (χ2n) is 4.36. The summed E-state index contributed by atoms with van der Waals surface area (Å²) in [6, 6.07) is 4.92. The number of carboxylic acids is 1. The van der Waals surface area contributed by atoms with Gasteiger partial charge >= 0.3 is 5.97 Å². The Morgan fingerprint density at radius 2 is 2.12 bits per heavy atom. The van der Waals surface area contributed by atoms with Gasteiger partial charge in [0.25, 0.3) is 0 Å². The maximum atomic E-state index is 10.9. The number of hydrogen-bond acceptors (Lipinski definition) is 3. The molecule has 5 heteroatoms. The number of benzene rings is 1. The standard InChI is InChI=1S/C12H15ClO3S/c1-12(2,16)5-6-17-8-3-4-10(13)9(7-8)11(14)15/h3-4,7,16H,5-6H2,1-2H3,(H,14,15). The number of hydrogen-bond donors (Lipinski definition) is 2.